The molecule has 1 aromatic rings. The van der Waals surface area contributed by atoms with E-state index in [9.17, 15) is 22.8 Å². The van der Waals surface area contributed by atoms with Crippen molar-refractivity contribution in [2.45, 2.75) is 30.6 Å². The van der Waals surface area contributed by atoms with Crippen molar-refractivity contribution in [3.8, 4) is 0 Å². The van der Waals surface area contributed by atoms with Crippen LogP contribution < -0.4 is 0 Å². The number of ether oxygens (including phenoxy) is 2. The third kappa shape index (κ3) is 2.65. The first-order valence-electron chi connectivity index (χ1n) is 7.86. The van der Waals surface area contributed by atoms with Crippen LogP contribution in [0.2, 0.25) is 0 Å². The van der Waals surface area contributed by atoms with Crippen LogP contribution in [0.15, 0.2) is 34.5 Å². The molecule has 3 atom stereocenters. The second kappa shape index (κ2) is 5.78. The molecule has 0 bridgehead atoms. The number of alkyl halides is 3. The number of hydrogen-bond donors (Lipinski definition) is 0. The minimum atomic E-state index is -4.43. The van der Waals surface area contributed by atoms with E-state index in [0.29, 0.717) is 5.56 Å². The fraction of sp³-hybridized carbons (Fsp3) is 0.529. The summed E-state index contributed by atoms with van der Waals surface area (Å²) in [6.45, 7) is 1.70. The highest BCUT2D eigenvalue weighted by Crippen LogP contribution is 2.64. The number of halogens is 3. The van der Waals surface area contributed by atoms with E-state index in [4.69, 9.17) is 9.47 Å². The fourth-order valence-electron chi connectivity index (χ4n) is 3.71. The first-order valence-corrected chi connectivity index (χ1v) is 7.86. The van der Waals surface area contributed by atoms with Crippen LogP contribution in [-0.2, 0) is 30.8 Å². The average molecular weight is 370 g/mol. The maximum Gasteiger partial charge on any atom is 0.416 e. The zero-order valence-corrected chi connectivity index (χ0v) is 14.3. The van der Waals surface area contributed by atoms with Crippen molar-refractivity contribution in [2.75, 3.05) is 14.2 Å². The summed E-state index contributed by atoms with van der Waals surface area (Å²) < 4.78 is 47.7. The predicted molar refractivity (Wildman–Crippen MR) is 82.0 cm³/mol. The van der Waals surface area contributed by atoms with Crippen molar-refractivity contribution in [3.63, 3.8) is 0 Å². The molecule has 3 rings (SSSR count). The Bertz CT molecular complexity index is 753. The summed E-state index contributed by atoms with van der Waals surface area (Å²) in [6.07, 6.45) is -4.23. The van der Waals surface area contributed by atoms with E-state index in [1.807, 2.05) is 0 Å². The standard InChI is InChI=1S/C17H17F3N2O4/c1-15(9-4-6-10(7-5-9)17(18,19)20)8-16(22-21-15)11(13(23)25-2)12(16)14(24)26-3/h4-7,11-12H,8H2,1-3H3. The van der Waals surface area contributed by atoms with E-state index in [1.165, 1.54) is 26.4 Å². The molecule has 0 amide bonds. The van der Waals surface area contributed by atoms with E-state index in [-0.39, 0.29) is 6.42 Å². The number of esters is 2. The molecule has 1 heterocycles. The summed E-state index contributed by atoms with van der Waals surface area (Å²) in [5.74, 6) is -2.79. The van der Waals surface area contributed by atoms with Gasteiger partial charge in [0.2, 0.25) is 0 Å². The van der Waals surface area contributed by atoms with Crippen molar-refractivity contribution in [1.82, 2.24) is 0 Å². The maximum absolute atomic E-state index is 12.7. The molecular formula is C17H17F3N2O4. The number of azo groups is 1. The average Bonchev–Trinajstić information content (AvgIpc) is 3.10. The molecule has 1 aliphatic heterocycles. The Labute approximate surface area is 147 Å². The molecule has 1 spiro atoms. The van der Waals surface area contributed by atoms with Gasteiger partial charge in [0.25, 0.3) is 0 Å². The molecule has 1 saturated carbocycles. The molecule has 1 aliphatic carbocycles. The highest BCUT2D eigenvalue weighted by molar-refractivity contribution is 5.91. The SMILES string of the molecule is COC(=O)C1C(C(=O)OC)C12CC(C)(c1ccc(C(F)(F)F)cc1)N=N2. The first-order chi connectivity index (χ1) is 12.1. The van der Waals surface area contributed by atoms with Gasteiger partial charge in [-0.3, -0.25) is 9.59 Å². The van der Waals surface area contributed by atoms with Crippen LogP contribution in [-0.4, -0.2) is 31.7 Å². The van der Waals surface area contributed by atoms with Crippen LogP contribution in [0.5, 0.6) is 0 Å². The van der Waals surface area contributed by atoms with Crippen LogP contribution in [0.1, 0.15) is 24.5 Å². The molecule has 0 aromatic heterocycles. The van der Waals surface area contributed by atoms with Gasteiger partial charge in [-0.05, 0) is 24.6 Å². The molecule has 2 aliphatic rings. The normalized spacial score (nSPS) is 32.5. The number of benzene rings is 1. The van der Waals surface area contributed by atoms with E-state index >= 15 is 0 Å². The molecule has 9 heteroatoms. The van der Waals surface area contributed by atoms with Crippen LogP contribution >= 0.6 is 0 Å². The van der Waals surface area contributed by atoms with E-state index in [2.05, 4.69) is 10.2 Å². The Morgan fingerprint density at radius 3 is 1.96 bits per heavy atom. The zero-order valence-electron chi connectivity index (χ0n) is 14.3. The smallest absolute Gasteiger partial charge is 0.416 e. The van der Waals surface area contributed by atoms with Gasteiger partial charge in [-0.2, -0.15) is 23.4 Å². The summed E-state index contributed by atoms with van der Waals surface area (Å²) in [7, 11) is 2.42. The molecule has 6 nitrogen and oxygen atoms in total. The van der Waals surface area contributed by atoms with Gasteiger partial charge in [-0.15, -0.1) is 0 Å². The maximum atomic E-state index is 12.7. The highest BCUT2D eigenvalue weighted by Gasteiger charge is 2.77. The molecule has 3 unspecified atom stereocenters. The third-order valence-electron chi connectivity index (χ3n) is 5.13. The lowest BCUT2D eigenvalue weighted by atomic mass is 9.85. The fourth-order valence-corrected chi connectivity index (χ4v) is 3.71. The third-order valence-corrected chi connectivity index (χ3v) is 5.13. The van der Waals surface area contributed by atoms with Gasteiger partial charge in [0.1, 0.15) is 22.9 Å². The Hall–Kier alpha value is -2.45. The number of hydrogen-bond acceptors (Lipinski definition) is 6. The highest BCUT2D eigenvalue weighted by atomic mass is 19.4. The Morgan fingerprint density at radius 1 is 1.04 bits per heavy atom. The van der Waals surface area contributed by atoms with Crippen molar-refractivity contribution in [2.24, 2.45) is 22.1 Å². The number of carbonyl (C=O) groups is 2. The van der Waals surface area contributed by atoms with Gasteiger partial charge < -0.3 is 9.47 Å². The monoisotopic (exact) mass is 370 g/mol. The number of carbonyl (C=O) groups excluding carboxylic acids is 2. The van der Waals surface area contributed by atoms with Crippen LogP contribution in [0.3, 0.4) is 0 Å². The molecule has 26 heavy (non-hydrogen) atoms. The summed E-state index contributed by atoms with van der Waals surface area (Å²) in [5, 5.41) is 8.39. The van der Waals surface area contributed by atoms with Gasteiger partial charge in [-0.1, -0.05) is 12.1 Å². The molecule has 1 aromatic carbocycles. The quantitative estimate of drug-likeness (QED) is 0.766. The summed E-state index contributed by atoms with van der Waals surface area (Å²) in [4.78, 5) is 24.0. The molecule has 0 radical (unpaired) electrons. The van der Waals surface area contributed by atoms with Crippen LogP contribution in [0.4, 0.5) is 13.2 Å². The minimum absolute atomic E-state index is 0.199. The first kappa shape index (κ1) is 18.3. The summed E-state index contributed by atoms with van der Waals surface area (Å²) in [6, 6.07) is 4.63. The van der Waals surface area contributed by atoms with Gasteiger partial charge in [0.15, 0.2) is 0 Å². The van der Waals surface area contributed by atoms with E-state index in [0.717, 1.165) is 12.1 Å². The Morgan fingerprint density at radius 2 is 1.54 bits per heavy atom. The lowest BCUT2D eigenvalue weighted by Crippen LogP contribution is -2.24. The zero-order chi connectivity index (χ0) is 19.3. The summed E-state index contributed by atoms with van der Waals surface area (Å²) >= 11 is 0. The van der Waals surface area contributed by atoms with E-state index in [1.54, 1.807) is 6.92 Å². The van der Waals surface area contributed by atoms with Gasteiger partial charge in [0.05, 0.1) is 19.8 Å². The molecule has 1 fully saturated rings. The van der Waals surface area contributed by atoms with Crippen molar-refractivity contribution < 1.29 is 32.2 Å². The Kier molecular flexibility index (Phi) is 4.08. The predicted octanol–water partition coefficient (Wildman–Crippen LogP) is 3.11. The van der Waals surface area contributed by atoms with E-state index < -0.39 is 46.6 Å². The molecule has 140 valence electrons. The number of rotatable bonds is 3. The van der Waals surface area contributed by atoms with Crippen molar-refractivity contribution >= 4 is 11.9 Å². The van der Waals surface area contributed by atoms with Gasteiger partial charge in [0, 0.05) is 6.42 Å². The summed E-state index contributed by atoms with van der Waals surface area (Å²) in [5.41, 5.74) is -2.26. The lowest BCUT2D eigenvalue weighted by molar-refractivity contribution is -0.148. The number of methoxy groups -OCH3 is 2. The second-order valence-electron chi connectivity index (χ2n) is 6.72. The van der Waals surface area contributed by atoms with Gasteiger partial charge in [-0.25, -0.2) is 0 Å². The molecular weight excluding hydrogens is 353 g/mol. The van der Waals surface area contributed by atoms with Crippen molar-refractivity contribution in [1.29, 1.82) is 0 Å². The Balaban J connectivity index is 1.88. The number of nitrogens with zero attached hydrogens (tertiary/aromatic N) is 2. The van der Waals surface area contributed by atoms with Crippen LogP contribution in [0.25, 0.3) is 0 Å². The topological polar surface area (TPSA) is 77.3 Å². The van der Waals surface area contributed by atoms with Crippen molar-refractivity contribution in [3.05, 3.63) is 35.4 Å². The second-order valence-corrected chi connectivity index (χ2v) is 6.72. The molecule has 0 N–H and O–H groups in total. The molecule has 0 saturated heterocycles. The largest absolute Gasteiger partial charge is 0.469 e. The van der Waals surface area contributed by atoms with Crippen LogP contribution in [0, 0.1) is 11.8 Å². The lowest BCUT2D eigenvalue weighted by Gasteiger charge is -2.21. The minimum Gasteiger partial charge on any atom is -0.469 e. The van der Waals surface area contributed by atoms with Gasteiger partial charge >= 0.3 is 18.1 Å².